The van der Waals surface area contributed by atoms with Crippen molar-refractivity contribution in [1.82, 2.24) is 5.32 Å². The molecule has 0 unspecified atom stereocenters. The molecular weight excluding hydrogens is 142 g/mol. The number of likely N-dealkylation sites (N-methyl/N-ethyl adjacent to an activating group) is 1. The van der Waals surface area contributed by atoms with Gasteiger partial charge in [-0.05, 0) is 12.5 Å². The van der Waals surface area contributed by atoms with E-state index >= 15 is 0 Å². The van der Waals surface area contributed by atoms with Crippen molar-refractivity contribution in [2.24, 2.45) is 5.92 Å². The first-order valence-electron chi connectivity index (χ1n) is 4.09. The summed E-state index contributed by atoms with van der Waals surface area (Å²) in [5.74, 6) is -0.548. The number of hydrogen-bond donors (Lipinski definition) is 2. The topological polar surface area (TPSA) is 49.3 Å². The lowest BCUT2D eigenvalue weighted by Gasteiger charge is -2.18. The van der Waals surface area contributed by atoms with Gasteiger partial charge in [0.15, 0.2) is 0 Å². The number of hydrogen-bond acceptors (Lipinski definition) is 2. The molecule has 3 heteroatoms. The van der Waals surface area contributed by atoms with Crippen molar-refractivity contribution < 1.29 is 9.90 Å². The monoisotopic (exact) mass is 159 g/mol. The molecule has 2 atom stereocenters. The predicted molar refractivity (Wildman–Crippen MR) is 44.6 cm³/mol. The SMILES string of the molecule is CCN[C@H](C(=O)O)[C@@H](C)CC. The molecule has 0 aliphatic rings. The third-order valence-electron chi connectivity index (χ3n) is 1.90. The summed E-state index contributed by atoms with van der Waals surface area (Å²) in [6.07, 6.45) is 0.893. The van der Waals surface area contributed by atoms with E-state index in [0.717, 1.165) is 6.42 Å². The van der Waals surface area contributed by atoms with Crippen molar-refractivity contribution in [3.05, 3.63) is 0 Å². The van der Waals surface area contributed by atoms with Gasteiger partial charge in [0.25, 0.3) is 0 Å². The Kier molecular flexibility index (Phi) is 4.86. The lowest BCUT2D eigenvalue weighted by molar-refractivity contribution is -0.140. The molecular formula is C8H17NO2. The van der Waals surface area contributed by atoms with E-state index in [0.29, 0.717) is 6.54 Å². The maximum absolute atomic E-state index is 10.6. The molecule has 0 saturated heterocycles. The van der Waals surface area contributed by atoms with E-state index in [1.54, 1.807) is 0 Å². The first-order chi connectivity index (χ1) is 5.13. The number of carboxylic acid groups (broad SMARTS) is 1. The summed E-state index contributed by atoms with van der Waals surface area (Å²) in [6, 6.07) is -0.384. The minimum Gasteiger partial charge on any atom is -0.480 e. The highest BCUT2D eigenvalue weighted by atomic mass is 16.4. The maximum atomic E-state index is 10.6. The van der Waals surface area contributed by atoms with Crippen LogP contribution in [0.3, 0.4) is 0 Å². The molecule has 0 bridgehead atoms. The normalized spacial score (nSPS) is 15.9. The molecule has 66 valence electrons. The highest BCUT2D eigenvalue weighted by Crippen LogP contribution is 2.07. The lowest BCUT2D eigenvalue weighted by Crippen LogP contribution is -2.41. The summed E-state index contributed by atoms with van der Waals surface area (Å²) in [5, 5.41) is 11.7. The molecule has 0 aromatic carbocycles. The Morgan fingerprint density at radius 2 is 2.09 bits per heavy atom. The van der Waals surface area contributed by atoms with Crippen molar-refractivity contribution in [3.63, 3.8) is 0 Å². The molecule has 0 aliphatic carbocycles. The van der Waals surface area contributed by atoms with Crippen molar-refractivity contribution in [2.75, 3.05) is 6.54 Å². The largest absolute Gasteiger partial charge is 0.480 e. The van der Waals surface area contributed by atoms with Crippen LogP contribution in [-0.2, 0) is 4.79 Å². The quantitative estimate of drug-likeness (QED) is 0.631. The average Bonchev–Trinajstić information content (AvgIpc) is 1.98. The van der Waals surface area contributed by atoms with Gasteiger partial charge in [-0.1, -0.05) is 27.2 Å². The van der Waals surface area contributed by atoms with Crippen LogP contribution in [0.15, 0.2) is 0 Å². The van der Waals surface area contributed by atoms with E-state index in [2.05, 4.69) is 5.32 Å². The van der Waals surface area contributed by atoms with Gasteiger partial charge in [-0.3, -0.25) is 4.79 Å². The van der Waals surface area contributed by atoms with Crippen LogP contribution in [-0.4, -0.2) is 23.7 Å². The molecule has 0 rings (SSSR count). The molecule has 11 heavy (non-hydrogen) atoms. The minimum absolute atomic E-state index is 0.201. The fraction of sp³-hybridized carbons (Fsp3) is 0.875. The number of aliphatic carboxylic acids is 1. The second-order valence-corrected chi connectivity index (χ2v) is 2.76. The standard InChI is InChI=1S/C8H17NO2/c1-4-6(3)7(8(10)11)9-5-2/h6-7,9H,4-5H2,1-3H3,(H,10,11)/t6-,7-/m0/s1. The molecule has 0 aliphatic heterocycles. The highest BCUT2D eigenvalue weighted by Gasteiger charge is 2.21. The van der Waals surface area contributed by atoms with Gasteiger partial charge in [-0.25, -0.2) is 0 Å². The zero-order valence-corrected chi connectivity index (χ0v) is 7.42. The summed E-state index contributed by atoms with van der Waals surface area (Å²) in [6.45, 7) is 6.57. The second kappa shape index (κ2) is 5.13. The maximum Gasteiger partial charge on any atom is 0.320 e. The Hall–Kier alpha value is -0.570. The van der Waals surface area contributed by atoms with Crippen LogP contribution in [0.25, 0.3) is 0 Å². The molecule has 0 aromatic rings. The molecule has 0 aromatic heterocycles. The smallest absolute Gasteiger partial charge is 0.320 e. The van der Waals surface area contributed by atoms with Crippen molar-refractivity contribution >= 4 is 5.97 Å². The first kappa shape index (κ1) is 10.4. The Balaban J connectivity index is 3.97. The Bertz CT molecular complexity index is 125. The average molecular weight is 159 g/mol. The first-order valence-corrected chi connectivity index (χ1v) is 4.09. The summed E-state index contributed by atoms with van der Waals surface area (Å²) in [5.41, 5.74) is 0. The van der Waals surface area contributed by atoms with Gasteiger partial charge in [0.1, 0.15) is 6.04 Å². The number of carboxylic acids is 1. The Morgan fingerprint density at radius 1 is 1.55 bits per heavy atom. The molecule has 0 radical (unpaired) electrons. The number of rotatable bonds is 5. The van der Waals surface area contributed by atoms with Gasteiger partial charge in [0.05, 0.1) is 0 Å². The van der Waals surface area contributed by atoms with Crippen molar-refractivity contribution in [2.45, 2.75) is 33.2 Å². The molecule has 3 nitrogen and oxygen atoms in total. The Labute approximate surface area is 67.8 Å². The van der Waals surface area contributed by atoms with Crippen molar-refractivity contribution in [1.29, 1.82) is 0 Å². The van der Waals surface area contributed by atoms with Crippen LogP contribution in [0, 0.1) is 5.92 Å². The van der Waals surface area contributed by atoms with E-state index in [4.69, 9.17) is 5.11 Å². The van der Waals surface area contributed by atoms with E-state index < -0.39 is 5.97 Å². The summed E-state index contributed by atoms with van der Waals surface area (Å²) in [4.78, 5) is 10.6. The molecule has 0 saturated carbocycles. The van der Waals surface area contributed by atoms with Gasteiger partial charge in [-0.2, -0.15) is 0 Å². The number of carbonyl (C=O) groups is 1. The van der Waals surface area contributed by atoms with Crippen LogP contribution < -0.4 is 5.32 Å². The minimum atomic E-state index is -0.749. The van der Waals surface area contributed by atoms with Crippen LogP contribution in [0.5, 0.6) is 0 Å². The second-order valence-electron chi connectivity index (χ2n) is 2.76. The van der Waals surface area contributed by atoms with E-state index in [-0.39, 0.29) is 12.0 Å². The predicted octanol–water partition coefficient (Wildman–Crippen LogP) is 1.10. The number of nitrogens with one attached hydrogen (secondary N) is 1. The summed E-state index contributed by atoms with van der Waals surface area (Å²) in [7, 11) is 0. The third-order valence-corrected chi connectivity index (χ3v) is 1.90. The molecule has 0 heterocycles. The summed E-state index contributed by atoms with van der Waals surface area (Å²) >= 11 is 0. The third kappa shape index (κ3) is 3.37. The lowest BCUT2D eigenvalue weighted by atomic mass is 9.99. The van der Waals surface area contributed by atoms with Gasteiger partial charge in [-0.15, -0.1) is 0 Å². The fourth-order valence-electron chi connectivity index (χ4n) is 0.988. The van der Waals surface area contributed by atoms with Crippen molar-refractivity contribution in [3.8, 4) is 0 Å². The van der Waals surface area contributed by atoms with E-state index in [1.165, 1.54) is 0 Å². The molecule has 0 amide bonds. The van der Waals surface area contributed by atoms with Crippen LogP contribution in [0.4, 0.5) is 0 Å². The zero-order chi connectivity index (χ0) is 8.85. The van der Waals surface area contributed by atoms with E-state index in [9.17, 15) is 4.79 Å². The van der Waals surface area contributed by atoms with Gasteiger partial charge >= 0.3 is 5.97 Å². The van der Waals surface area contributed by atoms with Crippen LogP contribution >= 0.6 is 0 Å². The fourth-order valence-corrected chi connectivity index (χ4v) is 0.988. The molecule has 0 fully saturated rings. The van der Waals surface area contributed by atoms with Crippen LogP contribution in [0.1, 0.15) is 27.2 Å². The highest BCUT2D eigenvalue weighted by molar-refractivity contribution is 5.73. The van der Waals surface area contributed by atoms with Gasteiger partial charge < -0.3 is 10.4 Å². The molecule has 0 spiro atoms. The summed E-state index contributed by atoms with van der Waals surface area (Å²) < 4.78 is 0. The molecule has 2 N–H and O–H groups in total. The zero-order valence-electron chi connectivity index (χ0n) is 7.42. The Morgan fingerprint density at radius 3 is 2.36 bits per heavy atom. The van der Waals surface area contributed by atoms with Gasteiger partial charge in [0, 0.05) is 0 Å². The van der Waals surface area contributed by atoms with Crippen LogP contribution in [0.2, 0.25) is 0 Å². The van der Waals surface area contributed by atoms with E-state index in [1.807, 2.05) is 20.8 Å². The van der Waals surface area contributed by atoms with Gasteiger partial charge in [0.2, 0.25) is 0 Å².